The number of rotatable bonds is 4. The average molecular weight is 363 g/mol. The maximum absolute atomic E-state index is 14.7. The Balaban J connectivity index is 2.15. The van der Waals surface area contributed by atoms with Gasteiger partial charge < -0.3 is 10.1 Å². The second kappa shape index (κ2) is 8.05. The van der Waals surface area contributed by atoms with Crippen LogP contribution in [-0.4, -0.2) is 47.3 Å². The van der Waals surface area contributed by atoms with E-state index in [0.717, 1.165) is 10.5 Å². The first-order chi connectivity index (χ1) is 12.2. The molecule has 2 amide bonds. The van der Waals surface area contributed by atoms with Crippen LogP contribution in [0.2, 0.25) is 0 Å². The normalized spacial score (nSPS) is 22.5. The summed E-state index contributed by atoms with van der Waals surface area (Å²) in [7, 11) is 0. The highest BCUT2D eigenvalue weighted by atomic mass is 19.1. The van der Waals surface area contributed by atoms with Gasteiger partial charge in [-0.2, -0.15) is 0 Å². The molecule has 1 aromatic rings. The average Bonchev–Trinajstić information content (AvgIpc) is 2.89. The van der Waals surface area contributed by atoms with Crippen molar-refractivity contribution in [2.75, 3.05) is 6.54 Å². The number of carbonyl (C=O) groups is 2. The van der Waals surface area contributed by atoms with Crippen LogP contribution in [0.25, 0.3) is 10.4 Å². The highest BCUT2D eigenvalue weighted by molar-refractivity contribution is 5.87. The lowest BCUT2D eigenvalue weighted by atomic mass is 10.1. The second-order valence-electron chi connectivity index (χ2n) is 7.00. The van der Waals surface area contributed by atoms with Crippen molar-refractivity contribution in [3.05, 3.63) is 46.3 Å². The summed E-state index contributed by atoms with van der Waals surface area (Å²) in [6, 6.07) is 6.56. The number of amides is 2. The number of nitrogens with one attached hydrogen (secondary N) is 1. The number of azide groups is 1. The van der Waals surface area contributed by atoms with Gasteiger partial charge >= 0.3 is 6.09 Å². The van der Waals surface area contributed by atoms with Gasteiger partial charge in [-0.3, -0.25) is 9.69 Å². The molecule has 9 heteroatoms. The molecule has 1 saturated heterocycles. The van der Waals surface area contributed by atoms with Crippen molar-refractivity contribution in [3.8, 4) is 0 Å². The number of halogens is 1. The third-order valence-electron chi connectivity index (χ3n) is 3.79. The molecule has 0 saturated carbocycles. The molecule has 2 rings (SSSR count). The van der Waals surface area contributed by atoms with Crippen molar-refractivity contribution >= 4 is 12.0 Å². The van der Waals surface area contributed by atoms with Crippen molar-refractivity contribution in [1.82, 2.24) is 10.2 Å². The van der Waals surface area contributed by atoms with Crippen molar-refractivity contribution in [1.29, 1.82) is 0 Å². The smallest absolute Gasteiger partial charge is 0.411 e. The fourth-order valence-corrected chi connectivity index (χ4v) is 2.65. The quantitative estimate of drug-likeness (QED) is 0.505. The van der Waals surface area contributed by atoms with E-state index in [1.807, 2.05) is 30.3 Å². The Morgan fingerprint density at radius 1 is 1.38 bits per heavy atom. The van der Waals surface area contributed by atoms with Gasteiger partial charge in [0, 0.05) is 18.0 Å². The maximum Gasteiger partial charge on any atom is 0.411 e. The molecule has 0 radical (unpaired) electrons. The SMILES string of the molecule is CC(C)(C)OC(=O)N1CC(N=[N+]=[N-])C(F)C1C(=O)NCc1ccccc1. The number of likely N-dealkylation sites (tertiary alicyclic amines) is 1. The molecule has 3 unspecified atom stereocenters. The van der Waals surface area contributed by atoms with E-state index in [4.69, 9.17) is 10.3 Å². The number of carbonyl (C=O) groups excluding carboxylic acids is 2. The maximum atomic E-state index is 14.7. The van der Waals surface area contributed by atoms with Crippen LogP contribution in [0.1, 0.15) is 26.3 Å². The Morgan fingerprint density at radius 2 is 2.04 bits per heavy atom. The van der Waals surface area contributed by atoms with Gasteiger partial charge in [-0.15, -0.1) is 0 Å². The minimum Gasteiger partial charge on any atom is -0.444 e. The Kier molecular flexibility index (Phi) is 6.05. The third kappa shape index (κ3) is 4.86. The molecule has 1 aromatic carbocycles. The molecule has 140 valence electrons. The highest BCUT2D eigenvalue weighted by Crippen LogP contribution is 2.26. The Morgan fingerprint density at radius 3 is 2.62 bits per heavy atom. The predicted molar refractivity (Wildman–Crippen MR) is 92.8 cm³/mol. The number of hydrogen-bond acceptors (Lipinski definition) is 4. The molecule has 26 heavy (non-hydrogen) atoms. The molecule has 1 N–H and O–H groups in total. The zero-order valence-corrected chi connectivity index (χ0v) is 14.9. The van der Waals surface area contributed by atoms with Crippen LogP contribution in [0.3, 0.4) is 0 Å². The fraction of sp³-hybridized carbons (Fsp3) is 0.529. The van der Waals surface area contributed by atoms with Gasteiger partial charge in [-0.05, 0) is 31.9 Å². The van der Waals surface area contributed by atoms with Crippen molar-refractivity contribution < 1.29 is 18.7 Å². The summed E-state index contributed by atoms with van der Waals surface area (Å²) in [5, 5.41) is 5.98. The van der Waals surface area contributed by atoms with E-state index in [1.165, 1.54) is 0 Å². The number of benzene rings is 1. The van der Waals surface area contributed by atoms with Crippen LogP contribution in [0.4, 0.5) is 9.18 Å². The van der Waals surface area contributed by atoms with Gasteiger partial charge in [-0.1, -0.05) is 35.4 Å². The van der Waals surface area contributed by atoms with Crippen LogP contribution in [0, 0.1) is 0 Å². The molecule has 1 aliphatic rings. The molecule has 3 atom stereocenters. The van der Waals surface area contributed by atoms with Crippen LogP contribution >= 0.6 is 0 Å². The van der Waals surface area contributed by atoms with E-state index in [-0.39, 0.29) is 13.1 Å². The summed E-state index contributed by atoms with van der Waals surface area (Å²) in [5.74, 6) is -0.664. The van der Waals surface area contributed by atoms with E-state index < -0.39 is 35.9 Å². The fourth-order valence-electron chi connectivity index (χ4n) is 2.65. The Bertz CT molecular complexity index is 700. The summed E-state index contributed by atoms with van der Waals surface area (Å²) in [5.41, 5.74) is 8.63. The Labute approximate surface area is 150 Å². The van der Waals surface area contributed by atoms with Crippen molar-refractivity contribution in [2.24, 2.45) is 5.11 Å². The molecule has 1 fully saturated rings. The lowest BCUT2D eigenvalue weighted by Crippen LogP contribution is -2.50. The van der Waals surface area contributed by atoms with E-state index in [2.05, 4.69) is 15.3 Å². The van der Waals surface area contributed by atoms with E-state index >= 15 is 0 Å². The Hall–Kier alpha value is -2.80. The zero-order chi connectivity index (χ0) is 19.3. The molecule has 0 bridgehead atoms. The van der Waals surface area contributed by atoms with Crippen LogP contribution < -0.4 is 5.32 Å². The van der Waals surface area contributed by atoms with Crippen LogP contribution in [-0.2, 0) is 16.1 Å². The summed E-state index contributed by atoms with van der Waals surface area (Å²) < 4.78 is 19.9. The molecular weight excluding hydrogens is 341 g/mol. The number of ether oxygens (including phenoxy) is 1. The van der Waals surface area contributed by atoms with Gasteiger partial charge in [0.1, 0.15) is 17.8 Å². The second-order valence-corrected chi connectivity index (χ2v) is 7.00. The lowest BCUT2D eigenvalue weighted by molar-refractivity contribution is -0.127. The monoisotopic (exact) mass is 363 g/mol. The van der Waals surface area contributed by atoms with Gasteiger partial charge in [0.25, 0.3) is 0 Å². The first-order valence-corrected chi connectivity index (χ1v) is 8.22. The first kappa shape index (κ1) is 19.5. The zero-order valence-electron chi connectivity index (χ0n) is 14.9. The summed E-state index contributed by atoms with van der Waals surface area (Å²) in [6.45, 7) is 4.98. The number of hydrogen-bond donors (Lipinski definition) is 1. The highest BCUT2D eigenvalue weighted by Gasteiger charge is 2.49. The van der Waals surface area contributed by atoms with E-state index in [9.17, 15) is 14.0 Å². The van der Waals surface area contributed by atoms with Crippen LogP contribution in [0.5, 0.6) is 0 Å². The van der Waals surface area contributed by atoms with Gasteiger partial charge in [-0.25, -0.2) is 9.18 Å². The van der Waals surface area contributed by atoms with E-state index in [1.54, 1.807) is 20.8 Å². The van der Waals surface area contributed by atoms with E-state index in [0.29, 0.717) is 0 Å². The number of alkyl halides is 1. The first-order valence-electron chi connectivity index (χ1n) is 8.22. The summed E-state index contributed by atoms with van der Waals surface area (Å²) in [6.07, 6.45) is -2.63. The van der Waals surface area contributed by atoms with Gasteiger partial charge in [0.2, 0.25) is 5.91 Å². The minimum atomic E-state index is -1.81. The molecule has 0 aromatic heterocycles. The van der Waals surface area contributed by atoms with Crippen LogP contribution in [0.15, 0.2) is 35.4 Å². The molecule has 0 aliphatic carbocycles. The van der Waals surface area contributed by atoms with Crippen molar-refractivity contribution in [2.45, 2.75) is 51.2 Å². The predicted octanol–water partition coefficient (Wildman–Crippen LogP) is 2.94. The minimum absolute atomic E-state index is 0.192. The summed E-state index contributed by atoms with van der Waals surface area (Å²) >= 11 is 0. The summed E-state index contributed by atoms with van der Waals surface area (Å²) in [4.78, 5) is 28.5. The van der Waals surface area contributed by atoms with Crippen molar-refractivity contribution in [3.63, 3.8) is 0 Å². The molecule has 1 aliphatic heterocycles. The standard InChI is InChI=1S/C17H22FN5O3/c1-17(2,3)26-16(25)23-10-12(21-22-19)13(18)14(23)15(24)20-9-11-7-5-4-6-8-11/h4-8,12-14H,9-10H2,1-3H3,(H,20,24). The van der Waals surface area contributed by atoms with Gasteiger partial charge in [0.15, 0.2) is 0 Å². The molecule has 8 nitrogen and oxygen atoms in total. The largest absolute Gasteiger partial charge is 0.444 e. The number of nitrogens with zero attached hydrogens (tertiary/aromatic N) is 4. The molecular formula is C17H22FN5O3. The molecule has 1 heterocycles. The third-order valence-corrected chi connectivity index (χ3v) is 3.79. The molecule has 0 spiro atoms. The topological polar surface area (TPSA) is 107 Å². The lowest BCUT2D eigenvalue weighted by Gasteiger charge is -2.28. The van der Waals surface area contributed by atoms with Gasteiger partial charge in [0.05, 0.1) is 6.04 Å².